The van der Waals surface area contributed by atoms with Gasteiger partial charge in [-0.1, -0.05) is 97.5 Å². The molecule has 0 N–H and O–H groups in total. The molecule has 1 aliphatic heterocycles. The van der Waals surface area contributed by atoms with E-state index in [-0.39, 0.29) is 18.3 Å². The van der Waals surface area contributed by atoms with E-state index in [1.165, 1.54) is 68.1 Å². The molecule has 1 aromatic carbocycles. The van der Waals surface area contributed by atoms with Crippen LogP contribution >= 0.6 is 0 Å². The van der Waals surface area contributed by atoms with Crippen molar-refractivity contribution in [1.29, 1.82) is 0 Å². The highest BCUT2D eigenvalue weighted by Gasteiger charge is 2.50. The first-order valence-corrected chi connectivity index (χ1v) is 14.2. The van der Waals surface area contributed by atoms with E-state index in [2.05, 4.69) is 99.5 Å². The van der Waals surface area contributed by atoms with Crippen molar-refractivity contribution in [3.63, 3.8) is 0 Å². The summed E-state index contributed by atoms with van der Waals surface area (Å²) in [7, 11) is -0.286. The largest absolute Gasteiger partial charge is 0.487 e. The molecule has 198 valence electrons. The Morgan fingerprint density at radius 2 is 1.31 bits per heavy atom. The van der Waals surface area contributed by atoms with Gasteiger partial charge in [0, 0.05) is 0 Å². The third kappa shape index (κ3) is 10.8. The molecule has 0 aromatic heterocycles. The van der Waals surface area contributed by atoms with Crippen molar-refractivity contribution in [1.82, 2.24) is 0 Å². The minimum Gasteiger partial charge on any atom is -0.400 e. The summed E-state index contributed by atoms with van der Waals surface area (Å²) in [5.74, 6) is 2.25. The fourth-order valence-electron chi connectivity index (χ4n) is 4.68. The van der Waals surface area contributed by atoms with Crippen LogP contribution in [-0.4, -0.2) is 18.3 Å². The van der Waals surface area contributed by atoms with Crippen LogP contribution in [0.5, 0.6) is 0 Å². The number of unbranched alkanes of at least 4 members (excludes halogenated alkanes) is 4. The standard InChI is InChI=1S/C32H55BO2/c1-29(2,3)22-15-11-13-18-26-19-17-21-27(24-26)28(20-14-12-16-23-30(4,5)6)25-33-34-31(7,8)32(9,10)35-33/h17,19,21,24-25H,11-16,18,20,22-23H2,1-10H3/b28-25+. The van der Waals surface area contributed by atoms with Gasteiger partial charge in [-0.05, 0) is 93.7 Å². The van der Waals surface area contributed by atoms with E-state index in [0.717, 1.165) is 12.8 Å². The second kappa shape index (κ2) is 12.5. The highest BCUT2D eigenvalue weighted by Crippen LogP contribution is 2.38. The summed E-state index contributed by atoms with van der Waals surface area (Å²) < 4.78 is 12.7. The normalized spacial score (nSPS) is 18.3. The second-order valence-corrected chi connectivity index (χ2v) is 14.3. The number of hydrogen-bond donors (Lipinski definition) is 0. The van der Waals surface area contributed by atoms with E-state index < -0.39 is 0 Å². The van der Waals surface area contributed by atoms with Gasteiger partial charge in [0.05, 0.1) is 11.2 Å². The Labute approximate surface area is 218 Å². The molecule has 1 fully saturated rings. The van der Waals surface area contributed by atoms with Gasteiger partial charge in [-0.25, -0.2) is 0 Å². The fraction of sp³-hybridized carbons (Fsp3) is 0.750. The minimum absolute atomic E-state index is 0.286. The molecule has 0 atom stereocenters. The molecule has 35 heavy (non-hydrogen) atoms. The summed E-state index contributed by atoms with van der Waals surface area (Å²) in [6, 6.07) is 9.21. The van der Waals surface area contributed by atoms with Gasteiger partial charge < -0.3 is 9.31 Å². The zero-order chi connectivity index (χ0) is 26.3. The van der Waals surface area contributed by atoms with Gasteiger partial charge in [-0.2, -0.15) is 0 Å². The van der Waals surface area contributed by atoms with Gasteiger partial charge in [0.2, 0.25) is 0 Å². The van der Waals surface area contributed by atoms with Crippen LogP contribution in [0.15, 0.2) is 30.2 Å². The maximum absolute atomic E-state index is 6.34. The Balaban J connectivity index is 2.07. The summed E-state index contributed by atoms with van der Waals surface area (Å²) in [5, 5.41) is 0. The predicted molar refractivity (Wildman–Crippen MR) is 155 cm³/mol. The first-order valence-electron chi connectivity index (χ1n) is 14.2. The molecule has 0 radical (unpaired) electrons. The Hall–Kier alpha value is -1.06. The molecule has 1 aliphatic rings. The maximum Gasteiger partial charge on any atom is 0.487 e. The molecule has 3 heteroatoms. The molecule has 0 spiro atoms. The molecule has 0 amide bonds. The Morgan fingerprint density at radius 1 is 0.771 bits per heavy atom. The van der Waals surface area contributed by atoms with Gasteiger partial charge in [0.25, 0.3) is 0 Å². The molecule has 1 heterocycles. The average molecular weight is 483 g/mol. The molecule has 2 nitrogen and oxygen atoms in total. The summed E-state index contributed by atoms with van der Waals surface area (Å²) in [5.41, 5.74) is 4.41. The maximum atomic E-state index is 6.34. The monoisotopic (exact) mass is 482 g/mol. The lowest BCUT2D eigenvalue weighted by Gasteiger charge is -2.32. The number of benzene rings is 1. The van der Waals surface area contributed by atoms with Crippen molar-refractivity contribution in [3.8, 4) is 0 Å². The van der Waals surface area contributed by atoms with Crippen LogP contribution < -0.4 is 0 Å². The molecular weight excluding hydrogens is 427 g/mol. The highest BCUT2D eigenvalue weighted by atomic mass is 16.7. The fourth-order valence-corrected chi connectivity index (χ4v) is 4.68. The molecule has 0 aliphatic carbocycles. The smallest absolute Gasteiger partial charge is 0.400 e. The van der Waals surface area contributed by atoms with Crippen molar-refractivity contribution >= 4 is 12.7 Å². The molecule has 2 rings (SSSR count). The van der Waals surface area contributed by atoms with E-state index in [1.54, 1.807) is 0 Å². The third-order valence-corrected chi connectivity index (χ3v) is 7.67. The molecule has 1 aromatic rings. The Morgan fingerprint density at radius 3 is 1.86 bits per heavy atom. The lowest BCUT2D eigenvalue weighted by Crippen LogP contribution is -2.41. The number of allylic oxidation sites excluding steroid dienone is 1. The summed E-state index contributed by atoms with van der Waals surface area (Å²) >= 11 is 0. The van der Waals surface area contributed by atoms with Crippen LogP contribution in [0.4, 0.5) is 0 Å². The van der Waals surface area contributed by atoms with E-state index in [0.29, 0.717) is 10.8 Å². The number of hydrogen-bond acceptors (Lipinski definition) is 2. The molecule has 0 saturated carbocycles. The van der Waals surface area contributed by atoms with Crippen LogP contribution in [0.3, 0.4) is 0 Å². The van der Waals surface area contributed by atoms with E-state index in [4.69, 9.17) is 9.31 Å². The molecule has 0 unspecified atom stereocenters. The number of aryl methyl sites for hydroxylation is 1. The minimum atomic E-state index is -0.305. The molecule has 1 saturated heterocycles. The summed E-state index contributed by atoms with van der Waals surface area (Å²) in [6.45, 7) is 22.6. The van der Waals surface area contributed by atoms with E-state index in [1.807, 2.05) is 0 Å². The van der Waals surface area contributed by atoms with Crippen molar-refractivity contribution in [2.45, 2.75) is 145 Å². The van der Waals surface area contributed by atoms with Gasteiger partial charge in [-0.15, -0.1) is 0 Å². The quantitative estimate of drug-likeness (QED) is 0.218. The van der Waals surface area contributed by atoms with E-state index >= 15 is 0 Å². The molecular formula is C32H55BO2. The SMILES string of the molecule is CC(C)(C)CCCCC/C(=C\B1OC(C)(C)C(C)(C)O1)c1cccc(CCCCCC(C)(C)C)c1. The topological polar surface area (TPSA) is 18.5 Å². The highest BCUT2D eigenvalue weighted by molar-refractivity contribution is 6.53. The van der Waals surface area contributed by atoms with Crippen LogP contribution in [-0.2, 0) is 15.7 Å². The molecule has 0 bridgehead atoms. The van der Waals surface area contributed by atoms with Gasteiger partial charge >= 0.3 is 7.12 Å². The van der Waals surface area contributed by atoms with Crippen LogP contribution in [0.25, 0.3) is 5.57 Å². The van der Waals surface area contributed by atoms with Crippen molar-refractivity contribution in [3.05, 3.63) is 41.4 Å². The van der Waals surface area contributed by atoms with Gasteiger partial charge in [0.15, 0.2) is 0 Å². The van der Waals surface area contributed by atoms with E-state index in [9.17, 15) is 0 Å². The average Bonchev–Trinajstić information content (AvgIpc) is 2.91. The summed E-state index contributed by atoms with van der Waals surface area (Å²) in [6.07, 6.45) is 12.5. The summed E-state index contributed by atoms with van der Waals surface area (Å²) in [4.78, 5) is 0. The second-order valence-electron chi connectivity index (χ2n) is 14.3. The Bertz CT molecular complexity index is 792. The van der Waals surface area contributed by atoms with Crippen molar-refractivity contribution in [2.75, 3.05) is 0 Å². The van der Waals surface area contributed by atoms with Crippen LogP contribution in [0.1, 0.15) is 138 Å². The zero-order valence-electron chi connectivity index (χ0n) is 24.9. The first kappa shape index (κ1) is 30.2. The lowest BCUT2D eigenvalue weighted by atomic mass is 9.82. The number of rotatable bonds is 12. The van der Waals surface area contributed by atoms with Gasteiger partial charge in [0.1, 0.15) is 0 Å². The van der Waals surface area contributed by atoms with Gasteiger partial charge in [-0.3, -0.25) is 0 Å². The third-order valence-electron chi connectivity index (χ3n) is 7.67. The van der Waals surface area contributed by atoms with Crippen LogP contribution in [0.2, 0.25) is 0 Å². The predicted octanol–water partition coefficient (Wildman–Crippen LogP) is 9.85. The van der Waals surface area contributed by atoms with Crippen molar-refractivity contribution in [2.24, 2.45) is 10.8 Å². The Kier molecular flexibility index (Phi) is 10.7. The van der Waals surface area contributed by atoms with Crippen molar-refractivity contribution < 1.29 is 9.31 Å². The lowest BCUT2D eigenvalue weighted by molar-refractivity contribution is 0.00578. The first-order chi connectivity index (χ1) is 16.1. The van der Waals surface area contributed by atoms with Crippen LogP contribution in [0, 0.1) is 10.8 Å². The zero-order valence-corrected chi connectivity index (χ0v) is 24.9.